The van der Waals surface area contributed by atoms with Gasteiger partial charge in [0.15, 0.2) is 23.9 Å². The van der Waals surface area contributed by atoms with E-state index in [0.29, 0.717) is 17.1 Å². The van der Waals surface area contributed by atoms with Gasteiger partial charge in [-0.3, -0.25) is 4.79 Å². The molecule has 0 fully saturated rings. The lowest BCUT2D eigenvalue weighted by atomic mass is 10.0. The molecule has 0 spiro atoms. The summed E-state index contributed by atoms with van der Waals surface area (Å²) in [7, 11) is 4.37. The molecule has 0 saturated heterocycles. The third-order valence-electron chi connectivity index (χ3n) is 4.57. The topological polar surface area (TPSA) is 71.1 Å². The van der Waals surface area contributed by atoms with E-state index < -0.39 is 5.97 Å². The molecule has 0 aliphatic rings. The predicted octanol–water partition coefficient (Wildman–Crippen LogP) is 4.42. The summed E-state index contributed by atoms with van der Waals surface area (Å²) < 4.78 is 20.9. The molecule has 0 N–H and O–H groups in total. The number of ketones is 1. The molecule has 0 saturated carbocycles. The van der Waals surface area contributed by atoms with Gasteiger partial charge in [-0.05, 0) is 11.1 Å². The van der Waals surface area contributed by atoms with Crippen molar-refractivity contribution in [1.82, 2.24) is 0 Å². The van der Waals surface area contributed by atoms with Crippen LogP contribution in [0.25, 0.3) is 11.1 Å². The zero-order valence-electron chi connectivity index (χ0n) is 17.0. The average Bonchev–Trinajstić information content (AvgIpc) is 2.81. The first-order valence-electron chi connectivity index (χ1n) is 9.23. The highest BCUT2D eigenvalue weighted by Crippen LogP contribution is 2.35. The molecule has 0 heterocycles. The fourth-order valence-corrected chi connectivity index (χ4v) is 2.96. The van der Waals surface area contributed by atoms with E-state index in [9.17, 15) is 9.59 Å². The van der Waals surface area contributed by atoms with Gasteiger partial charge in [0.2, 0.25) is 0 Å². The van der Waals surface area contributed by atoms with Crippen LogP contribution in [0.1, 0.15) is 20.7 Å². The van der Waals surface area contributed by atoms with Crippen LogP contribution in [0.3, 0.4) is 0 Å². The number of hydrogen-bond acceptors (Lipinski definition) is 6. The Kier molecular flexibility index (Phi) is 6.70. The third-order valence-corrected chi connectivity index (χ3v) is 4.57. The van der Waals surface area contributed by atoms with Crippen LogP contribution in [0.4, 0.5) is 0 Å². The van der Waals surface area contributed by atoms with E-state index in [4.69, 9.17) is 18.9 Å². The monoisotopic (exact) mass is 406 g/mol. The van der Waals surface area contributed by atoms with Crippen LogP contribution >= 0.6 is 0 Å². The first-order chi connectivity index (χ1) is 14.6. The van der Waals surface area contributed by atoms with Gasteiger partial charge in [0.1, 0.15) is 11.3 Å². The van der Waals surface area contributed by atoms with Gasteiger partial charge in [-0.15, -0.1) is 0 Å². The summed E-state index contributed by atoms with van der Waals surface area (Å²) in [5.74, 6) is 0.0373. The summed E-state index contributed by atoms with van der Waals surface area (Å²) in [6.07, 6.45) is 0. The molecule has 3 rings (SSSR count). The Labute approximate surface area is 175 Å². The van der Waals surface area contributed by atoms with Crippen LogP contribution in [-0.4, -0.2) is 39.7 Å². The molecule has 0 radical (unpaired) electrons. The van der Waals surface area contributed by atoms with Crippen molar-refractivity contribution >= 4 is 11.8 Å². The second-order valence-corrected chi connectivity index (χ2v) is 6.35. The summed E-state index contributed by atoms with van der Waals surface area (Å²) in [4.78, 5) is 25.0. The minimum atomic E-state index is -0.693. The Bertz CT molecular complexity index is 1030. The molecular formula is C24H22O6. The Morgan fingerprint density at radius 1 is 0.700 bits per heavy atom. The van der Waals surface area contributed by atoms with E-state index in [-0.39, 0.29) is 23.7 Å². The minimum absolute atomic E-state index is 0.141. The number of benzene rings is 3. The van der Waals surface area contributed by atoms with Crippen LogP contribution < -0.4 is 14.2 Å². The molecule has 154 valence electrons. The van der Waals surface area contributed by atoms with Crippen molar-refractivity contribution in [2.45, 2.75) is 0 Å². The third kappa shape index (κ3) is 4.60. The van der Waals surface area contributed by atoms with Crippen LogP contribution in [0.2, 0.25) is 0 Å². The Morgan fingerprint density at radius 2 is 1.27 bits per heavy atom. The van der Waals surface area contributed by atoms with Crippen molar-refractivity contribution in [2.75, 3.05) is 27.9 Å². The molecule has 0 atom stereocenters. The highest BCUT2D eigenvalue weighted by Gasteiger charge is 2.20. The van der Waals surface area contributed by atoms with E-state index >= 15 is 0 Å². The number of methoxy groups -OCH3 is 3. The van der Waals surface area contributed by atoms with Gasteiger partial charge < -0.3 is 18.9 Å². The highest BCUT2D eigenvalue weighted by atomic mass is 16.5. The van der Waals surface area contributed by atoms with Crippen molar-refractivity contribution in [2.24, 2.45) is 0 Å². The van der Waals surface area contributed by atoms with E-state index in [1.165, 1.54) is 33.5 Å². The average molecular weight is 406 g/mol. The van der Waals surface area contributed by atoms with Crippen molar-refractivity contribution in [3.8, 4) is 28.4 Å². The van der Waals surface area contributed by atoms with Crippen molar-refractivity contribution in [1.29, 1.82) is 0 Å². The molecule has 6 heteroatoms. The maximum absolute atomic E-state index is 12.5. The number of hydrogen-bond donors (Lipinski definition) is 0. The first-order valence-corrected chi connectivity index (χ1v) is 9.23. The van der Waals surface area contributed by atoms with Gasteiger partial charge >= 0.3 is 5.97 Å². The zero-order valence-corrected chi connectivity index (χ0v) is 17.0. The normalized spacial score (nSPS) is 10.2. The molecular weight excluding hydrogens is 384 g/mol. The number of carbonyl (C=O) groups is 2. The maximum Gasteiger partial charge on any atom is 0.342 e. The summed E-state index contributed by atoms with van der Waals surface area (Å²) in [5, 5.41) is 0. The summed E-state index contributed by atoms with van der Waals surface area (Å²) >= 11 is 0. The fraction of sp³-hybridized carbons (Fsp3) is 0.167. The lowest BCUT2D eigenvalue weighted by Crippen LogP contribution is -2.15. The van der Waals surface area contributed by atoms with Gasteiger partial charge in [-0.1, -0.05) is 54.6 Å². The van der Waals surface area contributed by atoms with Crippen LogP contribution in [0.15, 0.2) is 66.7 Å². The van der Waals surface area contributed by atoms with Gasteiger partial charge in [0.25, 0.3) is 0 Å². The zero-order chi connectivity index (χ0) is 21.5. The second-order valence-electron chi connectivity index (χ2n) is 6.35. The van der Waals surface area contributed by atoms with Crippen molar-refractivity contribution < 1.29 is 28.5 Å². The van der Waals surface area contributed by atoms with Crippen molar-refractivity contribution in [3.05, 3.63) is 77.9 Å². The summed E-state index contributed by atoms with van der Waals surface area (Å²) in [6.45, 7) is -0.388. The van der Waals surface area contributed by atoms with Gasteiger partial charge in [-0.25, -0.2) is 4.79 Å². The molecule has 0 bridgehead atoms. The molecule has 0 aliphatic heterocycles. The lowest BCUT2D eigenvalue weighted by molar-refractivity contribution is 0.0471. The lowest BCUT2D eigenvalue weighted by Gasteiger charge is -2.13. The minimum Gasteiger partial charge on any atom is -0.496 e. The number of rotatable bonds is 8. The smallest absolute Gasteiger partial charge is 0.342 e. The number of Topliss-reactive ketones (excluding diaryl/α,β-unsaturated/α-hetero) is 1. The van der Waals surface area contributed by atoms with Gasteiger partial charge in [0, 0.05) is 17.7 Å². The summed E-state index contributed by atoms with van der Waals surface area (Å²) in [5.41, 5.74) is 2.66. The van der Waals surface area contributed by atoms with Crippen LogP contribution in [0.5, 0.6) is 17.2 Å². The van der Waals surface area contributed by atoms with E-state index in [0.717, 1.165) is 11.1 Å². The van der Waals surface area contributed by atoms with E-state index in [1.807, 2.05) is 42.5 Å². The van der Waals surface area contributed by atoms with Crippen LogP contribution in [0, 0.1) is 0 Å². The molecule has 6 nitrogen and oxygen atoms in total. The van der Waals surface area contributed by atoms with E-state index in [1.54, 1.807) is 12.1 Å². The van der Waals surface area contributed by atoms with Crippen molar-refractivity contribution in [3.63, 3.8) is 0 Å². The first kappa shape index (κ1) is 20.9. The fourth-order valence-electron chi connectivity index (χ4n) is 2.96. The van der Waals surface area contributed by atoms with Crippen LogP contribution in [-0.2, 0) is 4.74 Å². The highest BCUT2D eigenvalue weighted by molar-refractivity contribution is 6.00. The second kappa shape index (κ2) is 9.60. The Hall–Kier alpha value is -3.80. The molecule has 3 aromatic rings. The van der Waals surface area contributed by atoms with Gasteiger partial charge in [0.05, 0.1) is 21.3 Å². The molecule has 0 amide bonds. The van der Waals surface area contributed by atoms with E-state index in [2.05, 4.69) is 0 Å². The molecule has 3 aromatic carbocycles. The number of carbonyl (C=O) groups excluding carboxylic acids is 2. The summed E-state index contributed by atoms with van der Waals surface area (Å²) in [6, 6.07) is 20.0. The quantitative estimate of drug-likeness (QED) is 0.407. The number of esters is 1. The maximum atomic E-state index is 12.5. The Balaban J connectivity index is 1.69. The largest absolute Gasteiger partial charge is 0.496 e. The molecule has 0 aliphatic carbocycles. The standard InChI is InChI=1S/C24H22O6/c1-27-21-14-23(29-3)22(28-2)13-19(21)24(26)30-15-20(25)18-11-9-17(10-12-18)16-7-5-4-6-8-16/h4-14H,15H2,1-3H3. The predicted molar refractivity (Wildman–Crippen MR) is 113 cm³/mol. The molecule has 30 heavy (non-hydrogen) atoms. The molecule has 0 unspecified atom stereocenters. The number of ether oxygens (including phenoxy) is 4. The SMILES string of the molecule is COc1cc(OC)c(C(=O)OCC(=O)c2ccc(-c3ccccc3)cc2)cc1OC. The molecule has 0 aromatic heterocycles. The Morgan fingerprint density at radius 3 is 1.87 bits per heavy atom. The van der Waals surface area contributed by atoms with Gasteiger partial charge in [-0.2, -0.15) is 0 Å².